The number of hydrogen-bond acceptors (Lipinski definition) is 6. The monoisotopic (exact) mass is 267 g/mol. The van der Waals surface area contributed by atoms with Gasteiger partial charge in [0.1, 0.15) is 11.6 Å². The second-order valence-electron chi connectivity index (χ2n) is 3.96. The molecule has 92 valence electrons. The van der Waals surface area contributed by atoms with Crippen molar-refractivity contribution in [3.8, 4) is 6.07 Å². The highest BCUT2D eigenvalue weighted by Crippen LogP contribution is 2.23. The fourth-order valence-electron chi connectivity index (χ4n) is 1.79. The van der Waals surface area contributed by atoms with Crippen molar-refractivity contribution < 1.29 is 0 Å². The molecule has 0 unspecified atom stereocenters. The average molecular weight is 267 g/mol. The Morgan fingerprint density at radius 2 is 2.11 bits per heavy atom. The zero-order chi connectivity index (χ0) is 13.2. The molecular formula is C13H9N5S. The van der Waals surface area contributed by atoms with E-state index in [4.69, 9.17) is 0 Å². The third-order valence-electron chi connectivity index (χ3n) is 2.60. The number of nitrogens with one attached hydrogen (secondary N) is 1. The van der Waals surface area contributed by atoms with Crippen LogP contribution in [0.4, 0.5) is 10.9 Å². The van der Waals surface area contributed by atoms with Gasteiger partial charge in [0.25, 0.3) is 0 Å². The molecule has 0 bridgehead atoms. The highest BCUT2D eigenvalue weighted by molar-refractivity contribution is 7.09. The normalized spacial score (nSPS) is 10.3. The minimum Gasteiger partial charge on any atom is -0.315 e. The van der Waals surface area contributed by atoms with Crippen molar-refractivity contribution in [2.75, 3.05) is 5.32 Å². The quantitative estimate of drug-likeness (QED) is 0.772. The number of aryl methyl sites for hydroxylation is 1. The van der Waals surface area contributed by atoms with E-state index < -0.39 is 0 Å². The topological polar surface area (TPSA) is 74.5 Å². The van der Waals surface area contributed by atoms with Crippen LogP contribution in [-0.4, -0.2) is 14.3 Å². The van der Waals surface area contributed by atoms with E-state index in [1.807, 2.05) is 31.2 Å². The molecule has 0 fully saturated rings. The van der Waals surface area contributed by atoms with Crippen LogP contribution in [0.5, 0.6) is 0 Å². The molecule has 6 heteroatoms. The van der Waals surface area contributed by atoms with Gasteiger partial charge in [-0.05, 0) is 19.1 Å². The highest BCUT2D eigenvalue weighted by atomic mass is 32.1. The maximum Gasteiger partial charge on any atom is 0.208 e. The molecule has 0 aliphatic carbocycles. The van der Waals surface area contributed by atoms with Gasteiger partial charge in [-0.1, -0.05) is 18.2 Å². The van der Waals surface area contributed by atoms with Gasteiger partial charge in [0.05, 0.1) is 17.1 Å². The number of fused-ring (bicyclic) bond motifs is 1. The number of aromatic nitrogens is 3. The second-order valence-corrected chi connectivity index (χ2v) is 4.71. The molecule has 0 spiro atoms. The van der Waals surface area contributed by atoms with Crippen molar-refractivity contribution in [3.05, 3.63) is 41.7 Å². The fourth-order valence-corrected chi connectivity index (χ4v) is 2.37. The second kappa shape index (κ2) is 4.63. The molecule has 0 saturated heterocycles. The minimum atomic E-state index is 0.592. The smallest absolute Gasteiger partial charge is 0.208 e. The van der Waals surface area contributed by atoms with Crippen LogP contribution in [0.2, 0.25) is 0 Å². The first-order valence-electron chi connectivity index (χ1n) is 5.63. The summed E-state index contributed by atoms with van der Waals surface area (Å²) in [5.74, 6) is 1.32. The molecular weight excluding hydrogens is 258 g/mol. The molecule has 3 rings (SSSR count). The SMILES string of the molecule is Cc1nsc(Nc2cc(C#N)c3ccccc3n2)n1. The predicted octanol–water partition coefficient (Wildman–Crippen LogP) is 3.01. The molecule has 0 saturated carbocycles. The molecule has 0 aliphatic heterocycles. The lowest BCUT2D eigenvalue weighted by Gasteiger charge is -2.05. The number of pyridine rings is 1. The Labute approximate surface area is 113 Å². The molecule has 2 aromatic heterocycles. The largest absolute Gasteiger partial charge is 0.315 e. The summed E-state index contributed by atoms with van der Waals surface area (Å²) in [6, 6.07) is 11.5. The molecule has 5 nitrogen and oxygen atoms in total. The standard InChI is InChI=1S/C13H9N5S/c1-8-15-13(19-18-8)17-12-6-9(7-14)10-4-2-3-5-11(10)16-12/h2-6H,1H3,(H,15,16,17,18). The van der Waals surface area contributed by atoms with Crippen molar-refractivity contribution in [2.24, 2.45) is 0 Å². The molecule has 2 heterocycles. The van der Waals surface area contributed by atoms with E-state index in [-0.39, 0.29) is 0 Å². The number of nitrogens with zero attached hydrogens (tertiary/aromatic N) is 4. The van der Waals surface area contributed by atoms with E-state index in [0.717, 1.165) is 10.9 Å². The Balaban J connectivity index is 2.07. The first-order chi connectivity index (χ1) is 9.26. The first kappa shape index (κ1) is 11.6. The van der Waals surface area contributed by atoms with E-state index in [1.165, 1.54) is 11.5 Å². The van der Waals surface area contributed by atoms with Crippen LogP contribution >= 0.6 is 11.5 Å². The zero-order valence-corrected chi connectivity index (χ0v) is 10.9. The van der Waals surface area contributed by atoms with Gasteiger partial charge in [0.2, 0.25) is 5.13 Å². The third-order valence-corrected chi connectivity index (χ3v) is 3.32. The molecule has 0 amide bonds. The van der Waals surface area contributed by atoms with Crippen LogP contribution < -0.4 is 5.32 Å². The number of anilines is 2. The predicted molar refractivity (Wildman–Crippen MR) is 74.4 cm³/mol. The van der Waals surface area contributed by atoms with Gasteiger partial charge >= 0.3 is 0 Å². The van der Waals surface area contributed by atoms with E-state index in [0.29, 0.717) is 22.3 Å². The van der Waals surface area contributed by atoms with Crippen molar-refractivity contribution >= 4 is 33.4 Å². The fraction of sp³-hybridized carbons (Fsp3) is 0.0769. The van der Waals surface area contributed by atoms with Gasteiger partial charge in [-0.3, -0.25) is 0 Å². The first-order valence-corrected chi connectivity index (χ1v) is 6.41. The molecule has 0 aliphatic rings. The minimum absolute atomic E-state index is 0.592. The lowest BCUT2D eigenvalue weighted by Crippen LogP contribution is -1.95. The van der Waals surface area contributed by atoms with Gasteiger partial charge < -0.3 is 5.32 Å². The summed E-state index contributed by atoms with van der Waals surface area (Å²) < 4.78 is 4.09. The number of nitriles is 1. The number of rotatable bonds is 2. The average Bonchev–Trinajstić information content (AvgIpc) is 2.83. The zero-order valence-electron chi connectivity index (χ0n) is 10.1. The maximum atomic E-state index is 9.20. The summed E-state index contributed by atoms with van der Waals surface area (Å²) in [6.45, 7) is 1.83. The summed E-state index contributed by atoms with van der Waals surface area (Å²) in [6.07, 6.45) is 0. The molecule has 1 N–H and O–H groups in total. The highest BCUT2D eigenvalue weighted by Gasteiger charge is 2.07. The van der Waals surface area contributed by atoms with Crippen molar-refractivity contribution in [3.63, 3.8) is 0 Å². The van der Waals surface area contributed by atoms with Gasteiger partial charge in [-0.2, -0.15) is 9.64 Å². The van der Waals surface area contributed by atoms with E-state index >= 15 is 0 Å². The van der Waals surface area contributed by atoms with Gasteiger partial charge in [-0.15, -0.1) is 0 Å². The number of benzene rings is 1. The Kier molecular flexibility index (Phi) is 2.82. The Hall–Kier alpha value is -2.52. The van der Waals surface area contributed by atoms with Crippen LogP contribution in [0.15, 0.2) is 30.3 Å². The van der Waals surface area contributed by atoms with Crippen molar-refractivity contribution in [1.82, 2.24) is 14.3 Å². The van der Waals surface area contributed by atoms with Crippen LogP contribution in [0.25, 0.3) is 10.9 Å². The maximum absolute atomic E-state index is 9.20. The van der Waals surface area contributed by atoms with Crippen molar-refractivity contribution in [2.45, 2.75) is 6.92 Å². The molecule has 0 radical (unpaired) electrons. The Bertz CT molecular complexity index is 787. The molecule has 19 heavy (non-hydrogen) atoms. The molecule has 3 aromatic rings. The Morgan fingerprint density at radius 1 is 1.26 bits per heavy atom. The molecule has 0 atom stereocenters. The summed E-state index contributed by atoms with van der Waals surface area (Å²) in [5.41, 5.74) is 1.37. The summed E-state index contributed by atoms with van der Waals surface area (Å²) >= 11 is 1.27. The third kappa shape index (κ3) is 2.23. The van der Waals surface area contributed by atoms with Crippen LogP contribution in [0.3, 0.4) is 0 Å². The Morgan fingerprint density at radius 3 is 2.84 bits per heavy atom. The number of para-hydroxylation sites is 1. The summed E-state index contributed by atoms with van der Waals surface area (Å²) in [7, 11) is 0. The van der Waals surface area contributed by atoms with Gasteiger partial charge in [0, 0.05) is 16.9 Å². The van der Waals surface area contributed by atoms with Gasteiger partial charge in [0.15, 0.2) is 0 Å². The van der Waals surface area contributed by atoms with E-state index in [9.17, 15) is 5.26 Å². The lowest BCUT2D eigenvalue weighted by molar-refractivity contribution is 1.16. The number of hydrogen-bond donors (Lipinski definition) is 1. The summed E-state index contributed by atoms with van der Waals surface area (Å²) in [4.78, 5) is 8.68. The summed E-state index contributed by atoms with van der Waals surface area (Å²) in [5, 5.41) is 13.8. The van der Waals surface area contributed by atoms with Crippen LogP contribution in [0.1, 0.15) is 11.4 Å². The lowest BCUT2D eigenvalue weighted by atomic mass is 10.1. The van der Waals surface area contributed by atoms with Crippen LogP contribution in [-0.2, 0) is 0 Å². The van der Waals surface area contributed by atoms with Gasteiger partial charge in [-0.25, -0.2) is 9.97 Å². The van der Waals surface area contributed by atoms with Crippen molar-refractivity contribution in [1.29, 1.82) is 5.26 Å². The van der Waals surface area contributed by atoms with E-state index in [1.54, 1.807) is 6.07 Å². The van der Waals surface area contributed by atoms with E-state index in [2.05, 4.69) is 25.7 Å². The van der Waals surface area contributed by atoms with Crippen LogP contribution in [0, 0.1) is 18.3 Å². The molecule has 1 aromatic carbocycles.